The Hall–Kier alpha value is -1.24. The summed E-state index contributed by atoms with van der Waals surface area (Å²) in [5, 5.41) is 10.4. The Morgan fingerprint density at radius 2 is 1.82 bits per heavy atom. The first-order chi connectivity index (χ1) is 5.15. The highest BCUT2D eigenvalue weighted by Crippen LogP contribution is 1.97. The summed E-state index contributed by atoms with van der Waals surface area (Å²) >= 11 is 0. The van der Waals surface area contributed by atoms with Crippen LogP contribution in [0.15, 0.2) is 12.1 Å². The Balaban J connectivity index is 3.59. The molecule has 0 radical (unpaired) electrons. The van der Waals surface area contributed by atoms with Crippen molar-refractivity contribution in [1.29, 1.82) is 0 Å². The van der Waals surface area contributed by atoms with Crippen molar-refractivity contribution in [3.05, 3.63) is 33.7 Å². The van der Waals surface area contributed by atoms with Crippen molar-refractivity contribution in [1.82, 2.24) is 0 Å². The van der Waals surface area contributed by atoms with Crippen LogP contribution in [0.25, 0.3) is 12.8 Å². The zero-order chi connectivity index (χ0) is 8.43. The SMILES string of the molecule is C=c1cc(C)c(C)c/c1=C\O. The van der Waals surface area contributed by atoms with Gasteiger partial charge in [-0.3, -0.25) is 0 Å². The fraction of sp³-hybridized carbons (Fsp3) is 0.200. The van der Waals surface area contributed by atoms with E-state index in [1.165, 1.54) is 11.1 Å². The molecule has 1 nitrogen and oxygen atoms in total. The van der Waals surface area contributed by atoms with Crippen LogP contribution >= 0.6 is 0 Å². The third-order valence-corrected chi connectivity index (χ3v) is 1.89. The van der Waals surface area contributed by atoms with Gasteiger partial charge in [0.2, 0.25) is 0 Å². The third kappa shape index (κ3) is 1.43. The summed E-state index contributed by atoms with van der Waals surface area (Å²) in [5.41, 5.74) is 2.39. The van der Waals surface area contributed by atoms with Crippen LogP contribution in [0.5, 0.6) is 0 Å². The van der Waals surface area contributed by atoms with Crippen molar-refractivity contribution >= 4 is 12.8 Å². The molecule has 0 atom stereocenters. The molecular formula is C10H12O. The van der Waals surface area contributed by atoms with Crippen molar-refractivity contribution in [2.24, 2.45) is 0 Å². The van der Waals surface area contributed by atoms with Crippen LogP contribution < -0.4 is 10.4 Å². The summed E-state index contributed by atoms with van der Waals surface area (Å²) in [5.74, 6) is 0. The number of aliphatic hydroxyl groups excluding tert-OH is 1. The molecule has 0 spiro atoms. The van der Waals surface area contributed by atoms with Gasteiger partial charge in [0, 0.05) is 5.22 Å². The second-order valence-corrected chi connectivity index (χ2v) is 2.76. The van der Waals surface area contributed by atoms with Gasteiger partial charge >= 0.3 is 0 Å². The first-order valence-corrected chi connectivity index (χ1v) is 3.56. The molecule has 1 rings (SSSR count). The molecule has 0 amide bonds. The number of aryl methyl sites for hydroxylation is 2. The first-order valence-electron chi connectivity index (χ1n) is 3.56. The third-order valence-electron chi connectivity index (χ3n) is 1.89. The van der Waals surface area contributed by atoms with E-state index in [-0.39, 0.29) is 0 Å². The van der Waals surface area contributed by atoms with Gasteiger partial charge in [-0.25, -0.2) is 0 Å². The van der Waals surface area contributed by atoms with Gasteiger partial charge in [0.05, 0.1) is 6.26 Å². The predicted octanol–water partition coefficient (Wildman–Crippen LogP) is 1.01. The van der Waals surface area contributed by atoms with Crippen LogP contribution in [-0.2, 0) is 0 Å². The summed E-state index contributed by atoms with van der Waals surface area (Å²) < 4.78 is 0. The minimum atomic E-state index is 0.799. The first kappa shape index (κ1) is 7.86. The monoisotopic (exact) mass is 148 g/mol. The fourth-order valence-electron chi connectivity index (χ4n) is 1.02. The van der Waals surface area contributed by atoms with Crippen molar-refractivity contribution in [2.45, 2.75) is 13.8 Å². The largest absolute Gasteiger partial charge is 0.515 e. The number of benzene rings is 1. The highest BCUT2D eigenvalue weighted by molar-refractivity contribution is 5.30. The van der Waals surface area contributed by atoms with Gasteiger partial charge in [-0.1, -0.05) is 12.6 Å². The van der Waals surface area contributed by atoms with Gasteiger partial charge in [0.1, 0.15) is 0 Å². The molecule has 0 aliphatic heterocycles. The van der Waals surface area contributed by atoms with Gasteiger partial charge in [-0.05, 0) is 36.3 Å². The van der Waals surface area contributed by atoms with Crippen LogP contribution in [0.2, 0.25) is 0 Å². The lowest BCUT2D eigenvalue weighted by Gasteiger charge is -1.97. The minimum Gasteiger partial charge on any atom is -0.515 e. The summed E-state index contributed by atoms with van der Waals surface area (Å²) in [4.78, 5) is 0. The molecule has 0 aromatic heterocycles. The van der Waals surface area contributed by atoms with Crippen molar-refractivity contribution in [3.8, 4) is 0 Å². The molecule has 0 saturated carbocycles. The average molecular weight is 148 g/mol. The van der Waals surface area contributed by atoms with E-state index in [9.17, 15) is 0 Å². The standard InChI is InChI=1S/C10H12O/c1-7-4-9(3)10(6-11)5-8(7)2/h4-6,11H,3H2,1-2H3/b10-6+. The molecule has 0 aliphatic carbocycles. The Bertz CT molecular complexity index is 363. The van der Waals surface area contributed by atoms with Gasteiger partial charge < -0.3 is 5.11 Å². The normalized spacial score (nSPS) is 12.0. The molecule has 0 fully saturated rings. The Kier molecular flexibility index (Phi) is 1.99. The molecule has 11 heavy (non-hydrogen) atoms. The van der Waals surface area contributed by atoms with Gasteiger partial charge in [-0.15, -0.1) is 0 Å². The van der Waals surface area contributed by atoms with Gasteiger partial charge in [-0.2, -0.15) is 0 Å². The molecule has 1 heteroatoms. The van der Waals surface area contributed by atoms with Crippen molar-refractivity contribution in [2.75, 3.05) is 0 Å². The number of rotatable bonds is 0. The van der Waals surface area contributed by atoms with Crippen LogP contribution in [0.3, 0.4) is 0 Å². The number of hydrogen-bond donors (Lipinski definition) is 1. The Morgan fingerprint density at radius 3 is 2.36 bits per heavy atom. The smallest absolute Gasteiger partial charge is 0.0869 e. The van der Waals surface area contributed by atoms with Gasteiger partial charge in [0.25, 0.3) is 0 Å². The minimum absolute atomic E-state index is 0.799. The molecule has 1 aromatic rings. The molecule has 0 aliphatic rings. The lowest BCUT2D eigenvalue weighted by molar-refractivity contribution is 0.540. The van der Waals surface area contributed by atoms with E-state index < -0.39 is 0 Å². The lowest BCUT2D eigenvalue weighted by Crippen LogP contribution is -2.23. The van der Waals surface area contributed by atoms with Gasteiger partial charge in [0.15, 0.2) is 0 Å². The Morgan fingerprint density at radius 1 is 1.27 bits per heavy atom. The second-order valence-electron chi connectivity index (χ2n) is 2.76. The average Bonchev–Trinajstić information content (AvgIpc) is 1.97. The highest BCUT2D eigenvalue weighted by Gasteiger charge is 1.90. The summed E-state index contributed by atoms with van der Waals surface area (Å²) in [7, 11) is 0. The molecule has 58 valence electrons. The van der Waals surface area contributed by atoms with E-state index in [1.54, 1.807) is 0 Å². The molecule has 0 heterocycles. The molecule has 0 saturated heterocycles. The summed E-state index contributed by atoms with van der Waals surface area (Å²) in [6, 6.07) is 3.90. The maximum absolute atomic E-state index is 8.77. The zero-order valence-corrected chi connectivity index (χ0v) is 6.89. The topological polar surface area (TPSA) is 20.2 Å². The maximum Gasteiger partial charge on any atom is 0.0869 e. The number of hydrogen-bond acceptors (Lipinski definition) is 1. The van der Waals surface area contributed by atoms with Crippen LogP contribution in [0, 0.1) is 13.8 Å². The maximum atomic E-state index is 8.77. The summed E-state index contributed by atoms with van der Waals surface area (Å²) in [6.45, 7) is 7.85. The van der Waals surface area contributed by atoms with Crippen molar-refractivity contribution in [3.63, 3.8) is 0 Å². The molecule has 0 bridgehead atoms. The van der Waals surface area contributed by atoms with Crippen LogP contribution in [-0.4, -0.2) is 5.11 Å². The lowest BCUT2D eigenvalue weighted by atomic mass is 10.1. The summed E-state index contributed by atoms with van der Waals surface area (Å²) in [6.07, 6.45) is 1.09. The molecular weight excluding hydrogens is 136 g/mol. The quantitative estimate of drug-likeness (QED) is 0.582. The van der Waals surface area contributed by atoms with Crippen LogP contribution in [0.4, 0.5) is 0 Å². The van der Waals surface area contributed by atoms with Crippen LogP contribution in [0.1, 0.15) is 11.1 Å². The van der Waals surface area contributed by atoms with E-state index in [2.05, 4.69) is 6.58 Å². The van der Waals surface area contributed by atoms with Crippen molar-refractivity contribution < 1.29 is 5.11 Å². The zero-order valence-electron chi connectivity index (χ0n) is 6.89. The molecule has 0 unspecified atom stereocenters. The molecule has 1 N–H and O–H groups in total. The van der Waals surface area contributed by atoms with E-state index in [1.807, 2.05) is 26.0 Å². The number of aliphatic hydroxyl groups is 1. The van der Waals surface area contributed by atoms with E-state index in [4.69, 9.17) is 5.11 Å². The highest BCUT2D eigenvalue weighted by atomic mass is 16.2. The second kappa shape index (κ2) is 2.79. The fourth-order valence-corrected chi connectivity index (χ4v) is 1.02. The Labute approximate surface area is 66.3 Å². The van der Waals surface area contributed by atoms with E-state index in [0.29, 0.717) is 0 Å². The predicted molar refractivity (Wildman–Crippen MR) is 47.8 cm³/mol. The van der Waals surface area contributed by atoms with E-state index in [0.717, 1.165) is 16.7 Å². The molecule has 1 aromatic carbocycles. The van der Waals surface area contributed by atoms with E-state index >= 15 is 0 Å².